The molecule has 1 fully saturated rings. The van der Waals surface area contributed by atoms with Gasteiger partial charge in [0.2, 0.25) is 0 Å². The van der Waals surface area contributed by atoms with Crippen LogP contribution in [0.1, 0.15) is 59.4 Å². The molecule has 142 valence electrons. The number of benzene rings is 1. The molecular formula is C20H22FN3O3. The van der Waals surface area contributed by atoms with E-state index in [0.29, 0.717) is 24.2 Å². The second kappa shape index (κ2) is 6.48. The minimum Gasteiger partial charge on any atom is -0.481 e. The molecule has 7 heteroatoms. The van der Waals surface area contributed by atoms with Gasteiger partial charge >= 0.3 is 5.97 Å². The van der Waals surface area contributed by atoms with E-state index < -0.39 is 11.5 Å². The molecule has 0 spiro atoms. The Bertz CT molecular complexity index is 931. The van der Waals surface area contributed by atoms with Crippen molar-refractivity contribution >= 4 is 11.9 Å². The number of hydrogen-bond acceptors (Lipinski definition) is 3. The van der Waals surface area contributed by atoms with Crippen molar-refractivity contribution in [2.75, 3.05) is 0 Å². The molecule has 2 aliphatic carbocycles. The molecule has 2 aliphatic rings. The fraction of sp³-hybridized carbons (Fsp3) is 0.450. The van der Waals surface area contributed by atoms with Crippen molar-refractivity contribution < 1.29 is 19.1 Å². The second-order valence-electron chi connectivity index (χ2n) is 7.65. The van der Waals surface area contributed by atoms with Gasteiger partial charge < -0.3 is 10.4 Å². The highest BCUT2D eigenvalue weighted by atomic mass is 19.1. The van der Waals surface area contributed by atoms with Gasteiger partial charge in [-0.2, -0.15) is 5.10 Å². The molecule has 1 aromatic carbocycles. The number of carbonyl (C=O) groups is 2. The van der Waals surface area contributed by atoms with Crippen LogP contribution in [0.3, 0.4) is 0 Å². The molecule has 1 heterocycles. The predicted molar refractivity (Wildman–Crippen MR) is 96.6 cm³/mol. The van der Waals surface area contributed by atoms with E-state index in [-0.39, 0.29) is 18.1 Å². The van der Waals surface area contributed by atoms with Crippen LogP contribution in [-0.4, -0.2) is 32.3 Å². The van der Waals surface area contributed by atoms with Crippen molar-refractivity contribution in [1.29, 1.82) is 0 Å². The second-order valence-corrected chi connectivity index (χ2v) is 7.65. The quantitative estimate of drug-likeness (QED) is 0.846. The van der Waals surface area contributed by atoms with Gasteiger partial charge in [-0.3, -0.25) is 9.59 Å². The number of amides is 1. The van der Waals surface area contributed by atoms with Crippen molar-refractivity contribution in [3.63, 3.8) is 0 Å². The smallest absolute Gasteiger partial charge is 0.305 e. The minimum absolute atomic E-state index is 0.0891. The highest BCUT2D eigenvalue weighted by molar-refractivity contribution is 5.95. The maximum Gasteiger partial charge on any atom is 0.305 e. The molecule has 1 saturated carbocycles. The highest BCUT2D eigenvalue weighted by Crippen LogP contribution is 2.36. The number of aromatic nitrogens is 2. The van der Waals surface area contributed by atoms with Gasteiger partial charge in [-0.1, -0.05) is 6.07 Å². The summed E-state index contributed by atoms with van der Waals surface area (Å²) in [6, 6.07) is 4.83. The van der Waals surface area contributed by atoms with E-state index in [2.05, 4.69) is 10.4 Å². The monoisotopic (exact) mass is 371 g/mol. The van der Waals surface area contributed by atoms with Gasteiger partial charge in [0.05, 0.1) is 12.0 Å². The number of rotatable bonds is 5. The summed E-state index contributed by atoms with van der Waals surface area (Å²) in [7, 11) is 0. The third-order valence-corrected chi connectivity index (χ3v) is 5.65. The Labute approximate surface area is 156 Å². The van der Waals surface area contributed by atoms with Gasteiger partial charge in [-0.05, 0) is 63.1 Å². The van der Waals surface area contributed by atoms with E-state index in [1.165, 1.54) is 6.07 Å². The first-order chi connectivity index (χ1) is 12.9. The molecule has 2 aromatic rings. The maximum atomic E-state index is 14.4. The first kappa shape index (κ1) is 17.7. The number of carbonyl (C=O) groups excluding carboxylic acids is 1. The normalized spacial score (nSPS) is 17.3. The highest BCUT2D eigenvalue weighted by Gasteiger charge is 2.41. The number of halogens is 1. The van der Waals surface area contributed by atoms with Crippen LogP contribution in [0.2, 0.25) is 0 Å². The summed E-state index contributed by atoms with van der Waals surface area (Å²) in [5.41, 5.74) is 2.57. The Kier molecular flexibility index (Phi) is 4.25. The third kappa shape index (κ3) is 3.11. The van der Waals surface area contributed by atoms with Crippen molar-refractivity contribution in [2.45, 2.75) is 57.4 Å². The Balaban J connectivity index is 1.69. The van der Waals surface area contributed by atoms with E-state index in [1.54, 1.807) is 16.8 Å². The molecule has 6 nitrogen and oxygen atoms in total. The van der Waals surface area contributed by atoms with Crippen molar-refractivity contribution in [3.8, 4) is 5.69 Å². The Morgan fingerprint density at radius 3 is 2.74 bits per heavy atom. The zero-order valence-electron chi connectivity index (χ0n) is 15.2. The van der Waals surface area contributed by atoms with E-state index in [4.69, 9.17) is 5.11 Å². The number of carboxylic acid groups (broad SMARTS) is 1. The summed E-state index contributed by atoms with van der Waals surface area (Å²) in [5.74, 6) is -1.67. The summed E-state index contributed by atoms with van der Waals surface area (Å²) < 4.78 is 15.9. The lowest BCUT2D eigenvalue weighted by Crippen LogP contribution is -2.54. The average Bonchev–Trinajstić information content (AvgIpc) is 3.17. The molecule has 2 N–H and O–H groups in total. The van der Waals surface area contributed by atoms with Gasteiger partial charge in [0.25, 0.3) is 5.91 Å². The van der Waals surface area contributed by atoms with E-state index in [9.17, 15) is 14.0 Å². The van der Waals surface area contributed by atoms with Crippen molar-refractivity contribution in [2.24, 2.45) is 0 Å². The molecule has 0 saturated heterocycles. The molecule has 0 bridgehead atoms. The van der Waals surface area contributed by atoms with Crippen LogP contribution in [-0.2, 0) is 17.6 Å². The van der Waals surface area contributed by atoms with E-state index >= 15 is 0 Å². The topological polar surface area (TPSA) is 84.2 Å². The SMILES string of the molecule is Cc1ccc(F)c(-n2nc(C(=O)NC3(CC(=O)O)CCC3)c3c2CCC3)c1. The fourth-order valence-electron chi connectivity index (χ4n) is 4.14. The fourth-order valence-corrected chi connectivity index (χ4v) is 4.14. The zero-order chi connectivity index (χ0) is 19.2. The first-order valence-electron chi connectivity index (χ1n) is 9.30. The first-order valence-corrected chi connectivity index (χ1v) is 9.30. The summed E-state index contributed by atoms with van der Waals surface area (Å²) in [5, 5.41) is 16.5. The summed E-state index contributed by atoms with van der Waals surface area (Å²) >= 11 is 0. The third-order valence-electron chi connectivity index (χ3n) is 5.65. The standard InChI is InChI=1S/C20H22FN3O3/c1-12-6-7-14(21)16(10-12)24-15-5-2-4-13(15)18(23-24)19(27)22-20(8-3-9-20)11-17(25)26/h6-7,10H,2-5,8-9,11H2,1H3,(H,22,27)(H,25,26). The number of hydrogen-bond donors (Lipinski definition) is 2. The lowest BCUT2D eigenvalue weighted by atomic mass is 9.74. The van der Waals surface area contributed by atoms with Crippen LogP contribution in [0.5, 0.6) is 0 Å². The average molecular weight is 371 g/mol. The van der Waals surface area contributed by atoms with Gasteiger partial charge in [-0.25, -0.2) is 9.07 Å². The van der Waals surface area contributed by atoms with Crippen LogP contribution in [0, 0.1) is 12.7 Å². The van der Waals surface area contributed by atoms with Crippen LogP contribution in [0.25, 0.3) is 5.69 Å². The van der Waals surface area contributed by atoms with Gasteiger partial charge in [-0.15, -0.1) is 0 Å². The number of fused-ring (bicyclic) bond motifs is 1. The summed E-state index contributed by atoms with van der Waals surface area (Å²) in [6.07, 6.45) is 4.46. The van der Waals surface area contributed by atoms with Crippen LogP contribution in [0.15, 0.2) is 18.2 Å². The predicted octanol–water partition coefficient (Wildman–Crippen LogP) is 2.94. The van der Waals surface area contributed by atoms with E-state index in [1.807, 2.05) is 6.92 Å². The summed E-state index contributed by atoms with van der Waals surface area (Å²) in [4.78, 5) is 24.1. The zero-order valence-corrected chi connectivity index (χ0v) is 15.2. The summed E-state index contributed by atoms with van der Waals surface area (Å²) in [6.45, 7) is 1.88. The number of nitrogens with one attached hydrogen (secondary N) is 1. The Hall–Kier alpha value is -2.70. The molecule has 0 unspecified atom stereocenters. The molecule has 27 heavy (non-hydrogen) atoms. The number of carboxylic acids is 1. The molecule has 0 aliphatic heterocycles. The van der Waals surface area contributed by atoms with Gasteiger partial charge in [0, 0.05) is 11.3 Å². The maximum absolute atomic E-state index is 14.4. The molecule has 0 atom stereocenters. The minimum atomic E-state index is -0.924. The lowest BCUT2D eigenvalue weighted by Gasteiger charge is -2.41. The Morgan fingerprint density at radius 1 is 1.30 bits per heavy atom. The van der Waals surface area contributed by atoms with Crippen LogP contribution >= 0.6 is 0 Å². The van der Waals surface area contributed by atoms with E-state index in [0.717, 1.165) is 42.5 Å². The molecule has 0 radical (unpaired) electrons. The van der Waals surface area contributed by atoms with Gasteiger partial charge in [0.1, 0.15) is 11.5 Å². The number of nitrogens with zero attached hydrogens (tertiary/aromatic N) is 2. The molecule has 1 aromatic heterocycles. The number of aryl methyl sites for hydroxylation is 1. The molecule has 4 rings (SSSR count). The largest absolute Gasteiger partial charge is 0.481 e. The van der Waals surface area contributed by atoms with Gasteiger partial charge in [0.15, 0.2) is 5.69 Å². The van der Waals surface area contributed by atoms with Crippen molar-refractivity contribution in [1.82, 2.24) is 15.1 Å². The molecule has 1 amide bonds. The molecular weight excluding hydrogens is 349 g/mol. The van der Waals surface area contributed by atoms with Crippen molar-refractivity contribution in [3.05, 3.63) is 46.5 Å². The van der Waals surface area contributed by atoms with Crippen LogP contribution < -0.4 is 5.32 Å². The lowest BCUT2D eigenvalue weighted by molar-refractivity contribution is -0.139. The van der Waals surface area contributed by atoms with Crippen LogP contribution in [0.4, 0.5) is 4.39 Å². The number of aliphatic carboxylic acids is 1. The Morgan fingerprint density at radius 2 is 2.07 bits per heavy atom.